The average Bonchev–Trinajstić information content (AvgIpc) is 2.17. The van der Waals surface area contributed by atoms with Crippen molar-refractivity contribution in [2.24, 2.45) is 0 Å². The maximum Gasteiger partial charge on any atom is 0.332 e. The number of aliphatic carboxylic acids is 1. The number of hydrogen-bond acceptors (Lipinski definition) is 3. The molecule has 0 saturated carbocycles. The third-order valence-corrected chi connectivity index (χ3v) is 2.98. The molecule has 0 spiro atoms. The van der Waals surface area contributed by atoms with Crippen molar-refractivity contribution in [2.75, 3.05) is 11.9 Å². The molecular weight excluding hydrogens is 262 g/mol. The zero-order chi connectivity index (χ0) is 11.1. The first-order chi connectivity index (χ1) is 7.03. The van der Waals surface area contributed by atoms with Gasteiger partial charge in [0.15, 0.2) is 11.3 Å². The van der Waals surface area contributed by atoms with Gasteiger partial charge in [0.05, 0.1) is 10.2 Å². The van der Waals surface area contributed by atoms with Crippen molar-refractivity contribution >= 4 is 27.6 Å². The van der Waals surface area contributed by atoms with E-state index in [1.54, 1.807) is 13.0 Å². The molecule has 4 nitrogen and oxygen atoms in total. The number of rotatable bonds is 1. The second-order valence-electron chi connectivity index (χ2n) is 3.67. The molecule has 2 rings (SSSR count). The smallest absolute Gasteiger partial charge is 0.332 e. The molecule has 1 unspecified atom stereocenters. The summed E-state index contributed by atoms with van der Waals surface area (Å²) in [6, 6.07) is 5.47. The predicted octanol–water partition coefficient (Wildman–Crippen LogP) is 2.10. The SMILES string of the molecule is CC1(C(=O)O)COc2c(Br)cccc2N1. The Balaban J connectivity index is 2.39. The lowest BCUT2D eigenvalue weighted by atomic mass is 10.0. The Kier molecular flexibility index (Phi) is 2.34. The molecule has 5 heteroatoms. The van der Waals surface area contributed by atoms with Crippen LogP contribution >= 0.6 is 15.9 Å². The Hall–Kier alpha value is -1.23. The van der Waals surface area contributed by atoms with Crippen LogP contribution in [-0.2, 0) is 4.79 Å². The van der Waals surface area contributed by atoms with Crippen molar-refractivity contribution in [1.82, 2.24) is 0 Å². The van der Waals surface area contributed by atoms with E-state index < -0.39 is 11.5 Å². The third-order valence-electron chi connectivity index (χ3n) is 2.35. The number of carbonyl (C=O) groups is 1. The van der Waals surface area contributed by atoms with Crippen LogP contribution in [0.1, 0.15) is 6.92 Å². The molecule has 1 heterocycles. The standard InChI is InChI=1S/C10H10BrNO3/c1-10(9(13)14)5-15-8-6(11)3-2-4-7(8)12-10/h2-4,12H,5H2,1H3,(H,13,14). The normalized spacial score (nSPS) is 23.6. The highest BCUT2D eigenvalue weighted by Gasteiger charge is 2.38. The molecule has 1 aromatic carbocycles. The second kappa shape index (κ2) is 3.41. The van der Waals surface area contributed by atoms with Crippen LogP contribution in [0.4, 0.5) is 5.69 Å². The van der Waals surface area contributed by atoms with Crippen molar-refractivity contribution in [3.05, 3.63) is 22.7 Å². The van der Waals surface area contributed by atoms with Gasteiger partial charge in [0.25, 0.3) is 0 Å². The molecule has 0 bridgehead atoms. The monoisotopic (exact) mass is 271 g/mol. The first-order valence-electron chi connectivity index (χ1n) is 4.46. The summed E-state index contributed by atoms with van der Waals surface area (Å²) in [6.07, 6.45) is 0. The largest absolute Gasteiger partial charge is 0.487 e. The van der Waals surface area contributed by atoms with Crippen LogP contribution in [0, 0.1) is 0 Å². The predicted molar refractivity (Wildman–Crippen MR) is 59.3 cm³/mol. The molecule has 15 heavy (non-hydrogen) atoms. The van der Waals surface area contributed by atoms with Crippen LogP contribution in [0.5, 0.6) is 5.75 Å². The number of ether oxygens (including phenoxy) is 1. The van der Waals surface area contributed by atoms with Crippen molar-refractivity contribution in [1.29, 1.82) is 0 Å². The molecule has 1 aromatic rings. The Morgan fingerprint density at radius 1 is 1.67 bits per heavy atom. The number of halogens is 1. The average molecular weight is 272 g/mol. The minimum absolute atomic E-state index is 0.109. The van der Waals surface area contributed by atoms with Gasteiger partial charge >= 0.3 is 5.97 Å². The minimum atomic E-state index is -1.06. The highest BCUT2D eigenvalue weighted by atomic mass is 79.9. The van der Waals surface area contributed by atoms with Crippen LogP contribution in [0.2, 0.25) is 0 Å². The second-order valence-corrected chi connectivity index (χ2v) is 4.52. The molecule has 1 atom stereocenters. The van der Waals surface area contributed by atoms with E-state index in [4.69, 9.17) is 9.84 Å². The fourth-order valence-corrected chi connectivity index (χ4v) is 1.90. The molecule has 80 valence electrons. The molecular formula is C10H10BrNO3. The summed E-state index contributed by atoms with van der Waals surface area (Å²) < 4.78 is 6.26. The van der Waals surface area contributed by atoms with E-state index in [1.165, 1.54) is 0 Å². The van der Waals surface area contributed by atoms with E-state index >= 15 is 0 Å². The molecule has 0 aliphatic carbocycles. The maximum atomic E-state index is 11.0. The van der Waals surface area contributed by atoms with Gasteiger partial charge in [-0.2, -0.15) is 0 Å². The van der Waals surface area contributed by atoms with Crippen molar-refractivity contribution in [3.8, 4) is 5.75 Å². The zero-order valence-corrected chi connectivity index (χ0v) is 9.67. The number of benzene rings is 1. The van der Waals surface area contributed by atoms with Gasteiger partial charge in [-0.3, -0.25) is 0 Å². The fourth-order valence-electron chi connectivity index (χ4n) is 1.42. The molecule has 0 saturated heterocycles. The third kappa shape index (κ3) is 1.67. The number of fused-ring (bicyclic) bond motifs is 1. The minimum Gasteiger partial charge on any atom is -0.487 e. The van der Waals surface area contributed by atoms with E-state index in [1.807, 2.05) is 12.1 Å². The first-order valence-corrected chi connectivity index (χ1v) is 5.25. The van der Waals surface area contributed by atoms with Crippen LogP contribution in [0.3, 0.4) is 0 Å². The number of nitrogens with one attached hydrogen (secondary N) is 1. The van der Waals surface area contributed by atoms with E-state index in [9.17, 15) is 4.79 Å². The van der Waals surface area contributed by atoms with Crippen LogP contribution in [0.15, 0.2) is 22.7 Å². The molecule has 0 fully saturated rings. The van der Waals surface area contributed by atoms with E-state index in [2.05, 4.69) is 21.2 Å². The number of anilines is 1. The van der Waals surface area contributed by atoms with Gasteiger partial charge in [0, 0.05) is 0 Å². The number of carboxylic acid groups (broad SMARTS) is 1. The highest BCUT2D eigenvalue weighted by Crippen LogP contribution is 2.38. The molecule has 0 aromatic heterocycles. The van der Waals surface area contributed by atoms with Gasteiger partial charge in [-0.15, -0.1) is 0 Å². The lowest BCUT2D eigenvalue weighted by molar-refractivity contribution is -0.143. The Morgan fingerprint density at radius 3 is 3.07 bits per heavy atom. The molecule has 1 aliphatic rings. The van der Waals surface area contributed by atoms with Crippen molar-refractivity contribution < 1.29 is 14.6 Å². The highest BCUT2D eigenvalue weighted by molar-refractivity contribution is 9.10. The summed E-state index contributed by atoms with van der Waals surface area (Å²) in [5, 5.41) is 12.0. The van der Waals surface area contributed by atoms with Crippen LogP contribution in [0.25, 0.3) is 0 Å². The Bertz CT molecular complexity index is 421. The lowest BCUT2D eigenvalue weighted by Gasteiger charge is -2.33. The van der Waals surface area contributed by atoms with Crippen LogP contribution in [-0.4, -0.2) is 23.2 Å². The van der Waals surface area contributed by atoms with E-state index in [-0.39, 0.29) is 6.61 Å². The number of para-hydroxylation sites is 1. The van der Waals surface area contributed by atoms with Crippen molar-refractivity contribution in [2.45, 2.75) is 12.5 Å². The molecule has 1 aliphatic heterocycles. The Morgan fingerprint density at radius 2 is 2.40 bits per heavy atom. The quantitative estimate of drug-likeness (QED) is 0.822. The summed E-state index contributed by atoms with van der Waals surface area (Å²) in [6.45, 7) is 1.71. The van der Waals surface area contributed by atoms with Crippen LogP contribution < -0.4 is 10.1 Å². The summed E-state index contributed by atoms with van der Waals surface area (Å²) in [5.41, 5.74) is -0.367. The summed E-state index contributed by atoms with van der Waals surface area (Å²) in [5.74, 6) is -0.260. The fraction of sp³-hybridized carbons (Fsp3) is 0.300. The number of carboxylic acids is 1. The number of hydrogen-bond donors (Lipinski definition) is 2. The molecule has 0 amide bonds. The van der Waals surface area contributed by atoms with Gasteiger partial charge < -0.3 is 15.2 Å². The lowest BCUT2D eigenvalue weighted by Crippen LogP contribution is -2.50. The zero-order valence-electron chi connectivity index (χ0n) is 8.08. The van der Waals surface area contributed by atoms with E-state index in [0.717, 1.165) is 4.47 Å². The summed E-state index contributed by atoms with van der Waals surface area (Å²) in [4.78, 5) is 11.0. The van der Waals surface area contributed by atoms with Crippen molar-refractivity contribution in [3.63, 3.8) is 0 Å². The van der Waals surface area contributed by atoms with Gasteiger partial charge in [0.2, 0.25) is 0 Å². The summed E-state index contributed by atoms with van der Waals surface area (Å²) in [7, 11) is 0. The summed E-state index contributed by atoms with van der Waals surface area (Å²) >= 11 is 3.34. The Labute approximate surface area is 95.4 Å². The first kappa shape index (κ1) is 10.3. The van der Waals surface area contributed by atoms with E-state index in [0.29, 0.717) is 11.4 Å². The van der Waals surface area contributed by atoms with Gasteiger partial charge in [0.1, 0.15) is 6.61 Å². The van der Waals surface area contributed by atoms with Gasteiger partial charge in [-0.25, -0.2) is 4.79 Å². The molecule has 0 radical (unpaired) electrons. The van der Waals surface area contributed by atoms with Gasteiger partial charge in [-0.05, 0) is 35.0 Å². The molecule has 2 N–H and O–H groups in total. The maximum absolute atomic E-state index is 11.0. The topological polar surface area (TPSA) is 58.6 Å². The van der Waals surface area contributed by atoms with Gasteiger partial charge in [-0.1, -0.05) is 6.07 Å².